The maximum Gasteiger partial charge on any atom is 0.306 e. The molecule has 78 heavy (non-hydrogen) atoms. The largest absolute Gasteiger partial charge is 0.462 e. The van der Waals surface area contributed by atoms with E-state index in [4.69, 9.17) is 14.2 Å². The molecular weight excluding hydrogens is 961 g/mol. The van der Waals surface area contributed by atoms with Gasteiger partial charge in [0.05, 0.1) is 0 Å². The Hall–Kier alpha value is -3.41. The summed E-state index contributed by atoms with van der Waals surface area (Å²) in [4.78, 5) is 38.3. The van der Waals surface area contributed by atoms with E-state index in [2.05, 4.69) is 106 Å². The molecule has 0 fully saturated rings. The summed E-state index contributed by atoms with van der Waals surface area (Å²) in [7, 11) is 0. The quantitative estimate of drug-likeness (QED) is 0.0261. The molecule has 0 aromatic rings. The van der Waals surface area contributed by atoms with Crippen molar-refractivity contribution in [2.45, 2.75) is 341 Å². The second-order valence-electron chi connectivity index (χ2n) is 22.3. The molecule has 0 bridgehead atoms. The number of hydrogen-bond acceptors (Lipinski definition) is 6. The van der Waals surface area contributed by atoms with E-state index >= 15 is 0 Å². The van der Waals surface area contributed by atoms with Crippen molar-refractivity contribution in [2.75, 3.05) is 13.2 Å². The highest BCUT2D eigenvalue weighted by atomic mass is 16.6. The molecule has 0 aliphatic carbocycles. The minimum absolute atomic E-state index is 0.0853. The lowest BCUT2D eigenvalue weighted by Crippen LogP contribution is -2.30. The molecule has 0 N–H and O–H groups in total. The van der Waals surface area contributed by atoms with Crippen molar-refractivity contribution < 1.29 is 28.6 Å². The molecule has 0 radical (unpaired) electrons. The van der Waals surface area contributed by atoms with E-state index in [0.717, 1.165) is 116 Å². The minimum atomic E-state index is -0.791. The molecule has 0 amide bonds. The normalized spacial score (nSPS) is 12.6. The fraction of sp³-hybridized carbons (Fsp3) is 0.764. The summed E-state index contributed by atoms with van der Waals surface area (Å²) >= 11 is 0. The predicted octanol–water partition coefficient (Wildman–Crippen LogP) is 23.1. The number of unbranched alkanes of at least 4 members (excludes halogenated alkanes) is 36. The highest BCUT2D eigenvalue weighted by Crippen LogP contribution is 2.17. The molecule has 0 aliphatic rings. The SMILES string of the molecule is CC/C=C\C/C=C\C/C=C\C/C=C\C/C=C\CCCCCCCC(=O)OC(COC(=O)CCCCCCC/C=C\CCCCC)COC(=O)CCCCCCCCCCCCCCCCC/C=C\CCCCCCCCCC. The van der Waals surface area contributed by atoms with Crippen LogP contribution in [0.5, 0.6) is 0 Å². The molecule has 0 heterocycles. The van der Waals surface area contributed by atoms with Crippen molar-refractivity contribution >= 4 is 17.9 Å². The Morgan fingerprint density at radius 1 is 0.269 bits per heavy atom. The Kier molecular flexibility index (Phi) is 63.2. The van der Waals surface area contributed by atoms with Crippen LogP contribution in [0.2, 0.25) is 0 Å². The van der Waals surface area contributed by atoms with Gasteiger partial charge in [-0.25, -0.2) is 0 Å². The van der Waals surface area contributed by atoms with Crippen molar-refractivity contribution in [3.05, 3.63) is 85.1 Å². The Balaban J connectivity index is 4.27. The van der Waals surface area contributed by atoms with Crippen LogP contribution in [-0.2, 0) is 28.6 Å². The van der Waals surface area contributed by atoms with Crippen LogP contribution in [0.1, 0.15) is 335 Å². The fourth-order valence-corrected chi connectivity index (χ4v) is 9.58. The first kappa shape index (κ1) is 74.6. The molecule has 450 valence electrons. The number of allylic oxidation sites excluding steroid dienone is 14. The summed E-state index contributed by atoms with van der Waals surface area (Å²) in [5, 5.41) is 0. The van der Waals surface area contributed by atoms with Crippen LogP contribution in [0, 0.1) is 0 Å². The smallest absolute Gasteiger partial charge is 0.306 e. The lowest BCUT2D eigenvalue weighted by Gasteiger charge is -2.18. The molecule has 1 unspecified atom stereocenters. The summed E-state index contributed by atoms with van der Waals surface area (Å²) in [6.07, 6.45) is 87.5. The summed E-state index contributed by atoms with van der Waals surface area (Å²) in [5.41, 5.74) is 0. The maximum absolute atomic E-state index is 12.9. The molecule has 0 saturated carbocycles. The van der Waals surface area contributed by atoms with Crippen LogP contribution in [-0.4, -0.2) is 37.2 Å². The first-order valence-electron chi connectivity index (χ1n) is 33.6. The zero-order valence-electron chi connectivity index (χ0n) is 51.7. The van der Waals surface area contributed by atoms with Gasteiger partial charge in [-0.2, -0.15) is 0 Å². The summed E-state index contributed by atoms with van der Waals surface area (Å²) < 4.78 is 16.9. The van der Waals surface area contributed by atoms with Crippen molar-refractivity contribution in [2.24, 2.45) is 0 Å². The second kappa shape index (κ2) is 66.1. The lowest BCUT2D eigenvalue weighted by molar-refractivity contribution is -0.167. The second-order valence-corrected chi connectivity index (χ2v) is 22.3. The summed E-state index contributed by atoms with van der Waals surface area (Å²) in [5.74, 6) is -0.901. The molecule has 0 aromatic carbocycles. The number of esters is 3. The highest BCUT2D eigenvalue weighted by molar-refractivity contribution is 5.71. The van der Waals surface area contributed by atoms with Crippen molar-refractivity contribution in [1.82, 2.24) is 0 Å². The molecule has 0 aromatic heterocycles. The van der Waals surface area contributed by atoms with Gasteiger partial charge in [0.25, 0.3) is 0 Å². The van der Waals surface area contributed by atoms with Gasteiger partial charge in [-0.3, -0.25) is 14.4 Å². The van der Waals surface area contributed by atoms with Gasteiger partial charge >= 0.3 is 17.9 Å². The van der Waals surface area contributed by atoms with Gasteiger partial charge in [0, 0.05) is 19.3 Å². The Morgan fingerprint density at radius 2 is 0.500 bits per heavy atom. The van der Waals surface area contributed by atoms with Crippen LogP contribution in [0.25, 0.3) is 0 Å². The van der Waals surface area contributed by atoms with Gasteiger partial charge in [0.2, 0.25) is 0 Å². The third kappa shape index (κ3) is 63.4. The fourth-order valence-electron chi connectivity index (χ4n) is 9.58. The van der Waals surface area contributed by atoms with Gasteiger partial charge in [-0.1, -0.05) is 286 Å². The highest BCUT2D eigenvalue weighted by Gasteiger charge is 2.19. The summed E-state index contributed by atoms with van der Waals surface area (Å²) in [6, 6.07) is 0. The molecule has 6 heteroatoms. The van der Waals surface area contributed by atoms with Crippen LogP contribution < -0.4 is 0 Å². The maximum atomic E-state index is 12.9. The monoisotopic (exact) mass is 1090 g/mol. The number of ether oxygens (including phenoxy) is 3. The van der Waals surface area contributed by atoms with Gasteiger partial charge in [-0.05, 0) is 116 Å². The van der Waals surface area contributed by atoms with Gasteiger partial charge in [-0.15, -0.1) is 0 Å². The van der Waals surface area contributed by atoms with E-state index < -0.39 is 6.10 Å². The zero-order chi connectivity index (χ0) is 56.4. The topological polar surface area (TPSA) is 78.9 Å². The van der Waals surface area contributed by atoms with Crippen molar-refractivity contribution in [3.8, 4) is 0 Å². The van der Waals surface area contributed by atoms with E-state index in [1.165, 1.54) is 180 Å². The average molecular weight is 1090 g/mol. The number of rotatable bonds is 61. The minimum Gasteiger partial charge on any atom is -0.462 e. The molecule has 0 saturated heterocycles. The Bertz CT molecular complexity index is 1480. The van der Waals surface area contributed by atoms with Crippen LogP contribution in [0.4, 0.5) is 0 Å². The van der Waals surface area contributed by atoms with E-state index in [1.807, 2.05) is 0 Å². The third-order valence-electron chi connectivity index (χ3n) is 14.6. The van der Waals surface area contributed by atoms with Gasteiger partial charge < -0.3 is 14.2 Å². The lowest BCUT2D eigenvalue weighted by atomic mass is 10.0. The molecule has 1 atom stereocenters. The molecule has 6 nitrogen and oxygen atoms in total. The van der Waals surface area contributed by atoms with E-state index in [-0.39, 0.29) is 31.1 Å². The van der Waals surface area contributed by atoms with E-state index in [9.17, 15) is 14.4 Å². The van der Waals surface area contributed by atoms with Crippen molar-refractivity contribution in [3.63, 3.8) is 0 Å². The van der Waals surface area contributed by atoms with E-state index in [0.29, 0.717) is 19.3 Å². The standard InChI is InChI=1S/C72H126O6/c1-4-7-10-13-16-19-22-25-27-29-31-33-34-35-36-37-38-40-41-43-45-47-50-53-56-59-62-65-71(74)77-68-69(67-76-70(73)64-61-58-55-52-49-24-21-18-15-12-9-6-3)78-72(75)66-63-60-57-54-51-48-46-44-42-39-32-30-28-26-23-20-17-14-11-8-5-2/h8,11,17-18,20-21,26,28-29,31-32,39,44,46,69H,4-7,9-10,12-16,19,22-25,27,30,33-38,40-43,45,47-68H2,1-3H3/b11-8-,20-17-,21-18-,28-26-,31-29-,39-32-,46-44-. The van der Waals surface area contributed by atoms with Crippen molar-refractivity contribution in [1.29, 1.82) is 0 Å². The Labute approximate surface area is 484 Å². The average Bonchev–Trinajstić information content (AvgIpc) is 3.44. The van der Waals surface area contributed by atoms with Crippen LogP contribution >= 0.6 is 0 Å². The third-order valence-corrected chi connectivity index (χ3v) is 14.6. The first-order valence-corrected chi connectivity index (χ1v) is 33.6. The van der Waals surface area contributed by atoms with Crippen LogP contribution in [0.15, 0.2) is 85.1 Å². The Morgan fingerprint density at radius 3 is 0.821 bits per heavy atom. The molecule has 0 spiro atoms. The van der Waals surface area contributed by atoms with E-state index in [1.54, 1.807) is 0 Å². The predicted molar refractivity (Wildman–Crippen MR) is 339 cm³/mol. The molecule has 0 rings (SSSR count). The number of hydrogen-bond donors (Lipinski definition) is 0. The number of carbonyl (C=O) groups excluding carboxylic acids is 3. The van der Waals surface area contributed by atoms with Gasteiger partial charge in [0.15, 0.2) is 6.10 Å². The van der Waals surface area contributed by atoms with Crippen LogP contribution in [0.3, 0.4) is 0 Å². The molecular formula is C72H126O6. The van der Waals surface area contributed by atoms with Gasteiger partial charge in [0.1, 0.15) is 13.2 Å². The molecule has 0 aliphatic heterocycles. The first-order chi connectivity index (χ1) is 38.5. The number of carbonyl (C=O) groups is 3. The summed E-state index contributed by atoms with van der Waals surface area (Å²) in [6.45, 7) is 6.51. The zero-order valence-corrected chi connectivity index (χ0v) is 51.7.